The monoisotopic (exact) mass is 553 g/mol. The van der Waals surface area contributed by atoms with Crippen molar-refractivity contribution >= 4 is 37.5 Å². The van der Waals surface area contributed by atoms with E-state index in [0.717, 1.165) is 33.9 Å². The highest BCUT2D eigenvalue weighted by Gasteiger charge is 2.20. The zero-order valence-electron chi connectivity index (χ0n) is 18.9. The third-order valence-electron chi connectivity index (χ3n) is 4.79. The minimum absolute atomic E-state index is 0.0515. The summed E-state index contributed by atoms with van der Waals surface area (Å²) in [6.07, 6.45) is 0. The van der Waals surface area contributed by atoms with Crippen molar-refractivity contribution in [3.63, 3.8) is 0 Å². The molecule has 2 aromatic heterocycles. The van der Waals surface area contributed by atoms with Crippen molar-refractivity contribution in [2.75, 3.05) is 0 Å². The molecule has 36 heavy (non-hydrogen) atoms. The van der Waals surface area contributed by atoms with Gasteiger partial charge in [-0.1, -0.05) is 30.3 Å². The average molecular weight is 554 g/mol. The van der Waals surface area contributed by atoms with Crippen molar-refractivity contribution in [3.05, 3.63) is 72.1 Å². The van der Waals surface area contributed by atoms with Gasteiger partial charge in [-0.15, -0.1) is 21.6 Å². The van der Waals surface area contributed by atoms with Gasteiger partial charge in [-0.3, -0.25) is 0 Å². The van der Waals surface area contributed by atoms with E-state index in [4.69, 9.17) is 28.5 Å². The fourth-order valence-electron chi connectivity index (χ4n) is 3.33. The normalized spacial score (nSPS) is 11.6. The van der Waals surface area contributed by atoms with E-state index >= 15 is 0 Å². The van der Waals surface area contributed by atoms with Crippen molar-refractivity contribution in [3.8, 4) is 16.9 Å². The number of carbonyl (C=O) groups excluding carboxylic acids is 1. The van der Waals surface area contributed by atoms with E-state index in [-0.39, 0.29) is 10.9 Å². The third-order valence-corrected chi connectivity index (χ3v) is 7.13. The van der Waals surface area contributed by atoms with Gasteiger partial charge in [0.05, 0.1) is 10.2 Å². The van der Waals surface area contributed by atoms with Crippen LogP contribution >= 0.6 is 11.3 Å². The molecule has 11 nitrogen and oxygen atoms in total. The third kappa shape index (κ3) is 7.74. The summed E-state index contributed by atoms with van der Waals surface area (Å²) in [5.74, 6) is -0.113. The first-order valence-electron chi connectivity index (χ1n) is 10.0. The molecule has 0 saturated heterocycles. The van der Waals surface area contributed by atoms with Crippen LogP contribution in [0, 0.1) is 24.1 Å². The van der Waals surface area contributed by atoms with Crippen LogP contribution in [0.25, 0.3) is 21.3 Å². The first-order chi connectivity index (χ1) is 16.7. The van der Waals surface area contributed by atoms with E-state index in [2.05, 4.69) is 4.98 Å². The second kappa shape index (κ2) is 10.9. The maximum absolute atomic E-state index is 12.6. The summed E-state index contributed by atoms with van der Waals surface area (Å²) in [4.78, 5) is 16.6. The second-order valence-corrected chi connectivity index (χ2v) is 11.0. The minimum Gasteiger partial charge on any atom is -0.422 e. The molecule has 0 bridgehead atoms. The molecule has 14 heteroatoms. The predicted molar refractivity (Wildman–Crippen MR) is 118 cm³/mol. The first kappa shape index (κ1) is 27.6. The number of aromatic nitrogens is 2. The summed E-state index contributed by atoms with van der Waals surface area (Å²) in [6, 6.07) is 18.9. The van der Waals surface area contributed by atoms with Crippen LogP contribution in [0.15, 0.2) is 65.0 Å². The number of hydrogen-bond acceptors (Lipinski definition) is 10. The number of carbonyl (C=O) groups is 1. The quantitative estimate of drug-likeness (QED) is 0.171. The summed E-state index contributed by atoms with van der Waals surface area (Å²) in [6.45, 7) is 3.95. The molecule has 0 fully saturated rings. The minimum atomic E-state index is -4.94. The molecule has 2 aromatic carbocycles. The molecule has 0 atom stereocenters. The van der Waals surface area contributed by atoms with Gasteiger partial charge in [0.1, 0.15) is 5.75 Å². The number of nitrogens with zero attached hydrogens (tertiary/aromatic N) is 2. The van der Waals surface area contributed by atoms with E-state index in [9.17, 15) is 13.2 Å². The Bertz CT molecular complexity index is 1470. The van der Waals surface area contributed by atoms with E-state index in [1.807, 2.05) is 60.9 Å². The van der Waals surface area contributed by atoms with Gasteiger partial charge >= 0.3 is 5.97 Å². The lowest BCUT2D eigenvalue weighted by Gasteiger charge is -2.17. The van der Waals surface area contributed by atoms with Crippen LogP contribution < -0.4 is 33.1 Å². The number of hydrogen-bond donors (Lipinski definition) is 1. The van der Waals surface area contributed by atoms with Crippen molar-refractivity contribution < 1.29 is 51.4 Å². The van der Waals surface area contributed by atoms with Crippen molar-refractivity contribution in [2.24, 2.45) is 5.14 Å². The lowest BCUT2D eigenvalue weighted by atomic mass is 10.0. The maximum atomic E-state index is 12.6. The van der Waals surface area contributed by atoms with Gasteiger partial charge in [0.25, 0.3) is 10.0 Å². The van der Waals surface area contributed by atoms with Crippen molar-refractivity contribution in [1.29, 1.82) is 0 Å². The van der Waals surface area contributed by atoms with Gasteiger partial charge < -0.3 is 4.74 Å². The van der Waals surface area contributed by atoms with E-state index in [0.29, 0.717) is 16.0 Å². The Hall–Kier alpha value is -3.01. The number of primary sulfonamides is 1. The molecular weight excluding hydrogens is 534 g/mol. The summed E-state index contributed by atoms with van der Waals surface area (Å²) >= 11 is 0.933. The van der Waals surface area contributed by atoms with Crippen LogP contribution in [-0.2, 0) is 21.4 Å². The number of rotatable bonds is 5. The number of esters is 1. The molecule has 4 rings (SSSR count). The SMILES string of the molecule is Cc1cc(-c2ccccc2)cc(C)[n+]1CC(=O)Oc1ccc2nc(S(N)(=O)=O)sc2c1.[O-][Cl+3]([O-])([O-])[O-]. The van der Waals surface area contributed by atoms with Gasteiger partial charge in [-0.05, 0) is 23.3 Å². The van der Waals surface area contributed by atoms with Gasteiger partial charge in [0.2, 0.25) is 10.9 Å². The standard InChI is InChI=1S/C22H20N3O4S2.ClHO4/c1-14-10-17(16-6-4-3-5-7-16)11-15(2)25(14)13-21(26)29-18-8-9-19-20(12-18)30-22(24-19)31(23,27)28;2-1(3,4)5/h3-12H,13H2,1-2H3,(H2,23,27,28);(H,2,3,4,5)/q+1;/p-1. The molecule has 190 valence electrons. The highest BCUT2D eigenvalue weighted by Crippen LogP contribution is 2.28. The highest BCUT2D eigenvalue weighted by atomic mass is 35.7. The fraction of sp³-hybridized carbons (Fsp3) is 0.136. The Kier molecular flexibility index (Phi) is 8.38. The van der Waals surface area contributed by atoms with Gasteiger partial charge in [0, 0.05) is 32.0 Å². The molecule has 0 unspecified atom stereocenters. The van der Waals surface area contributed by atoms with Gasteiger partial charge in [-0.2, -0.15) is 4.57 Å². The number of ether oxygens (including phenoxy) is 1. The van der Waals surface area contributed by atoms with Crippen LogP contribution in [-0.4, -0.2) is 19.4 Å². The maximum Gasteiger partial charge on any atom is 0.378 e. The highest BCUT2D eigenvalue weighted by molar-refractivity contribution is 7.91. The number of nitrogens with two attached hydrogens (primary N) is 1. The zero-order valence-corrected chi connectivity index (χ0v) is 21.3. The number of sulfonamides is 1. The molecule has 2 heterocycles. The zero-order chi connectivity index (χ0) is 26.7. The lowest BCUT2D eigenvalue weighted by Crippen LogP contribution is -2.68. The topological polar surface area (TPSA) is 195 Å². The number of halogens is 1. The Morgan fingerprint density at radius 3 is 2.14 bits per heavy atom. The van der Waals surface area contributed by atoms with Gasteiger partial charge in [0.15, 0.2) is 11.4 Å². The molecular formula is C22H20ClN3O8S2. The number of aryl methyl sites for hydroxylation is 2. The summed E-state index contributed by atoms with van der Waals surface area (Å²) in [5, 5.41) is 5.13. The molecule has 4 aromatic rings. The Morgan fingerprint density at radius 1 is 1.00 bits per heavy atom. The van der Waals surface area contributed by atoms with Crippen LogP contribution in [0.4, 0.5) is 0 Å². The molecule has 0 radical (unpaired) electrons. The summed E-state index contributed by atoms with van der Waals surface area (Å²) in [7, 11) is -8.82. The molecule has 0 amide bonds. The van der Waals surface area contributed by atoms with E-state index in [1.165, 1.54) is 0 Å². The van der Waals surface area contributed by atoms with E-state index < -0.39 is 26.2 Å². The van der Waals surface area contributed by atoms with Crippen molar-refractivity contribution in [1.82, 2.24) is 4.98 Å². The average Bonchev–Trinajstić information content (AvgIpc) is 3.20. The number of fused-ring (bicyclic) bond motifs is 1. The van der Waals surface area contributed by atoms with Crippen LogP contribution in [0.5, 0.6) is 5.75 Å². The second-order valence-electron chi connectivity index (χ2n) is 7.49. The molecule has 0 aliphatic carbocycles. The number of pyridine rings is 1. The molecule has 0 spiro atoms. The Labute approximate surface area is 212 Å². The predicted octanol–water partition coefficient (Wildman–Crippen LogP) is -1.64. The smallest absolute Gasteiger partial charge is 0.378 e. The largest absolute Gasteiger partial charge is 0.422 e. The van der Waals surface area contributed by atoms with Crippen LogP contribution in [0.1, 0.15) is 11.4 Å². The number of thiazole rings is 1. The Balaban J connectivity index is 0.000000658. The van der Waals surface area contributed by atoms with Crippen molar-refractivity contribution in [2.45, 2.75) is 24.7 Å². The molecule has 0 saturated carbocycles. The number of benzene rings is 2. The van der Waals surface area contributed by atoms with Crippen LogP contribution in [0.3, 0.4) is 0 Å². The van der Waals surface area contributed by atoms with Gasteiger partial charge in [-0.25, -0.2) is 42.0 Å². The molecule has 0 aliphatic rings. The molecule has 2 N–H and O–H groups in total. The van der Waals surface area contributed by atoms with E-state index in [1.54, 1.807) is 18.2 Å². The first-order valence-corrected chi connectivity index (χ1v) is 13.6. The molecule has 0 aliphatic heterocycles. The fourth-order valence-corrected chi connectivity index (χ4v) is 5.02. The summed E-state index contributed by atoms with van der Waals surface area (Å²) in [5.41, 5.74) is 4.55. The van der Waals surface area contributed by atoms with Crippen LogP contribution in [0.2, 0.25) is 0 Å². The lowest BCUT2D eigenvalue weighted by molar-refractivity contribution is -2.00. The Morgan fingerprint density at radius 2 is 1.58 bits per heavy atom. The summed E-state index contributed by atoms with van der Waals surface area (Å²) < 4.78 is 64.7.